The van der Waals surface area contributed by atoms with Crippen LogP contribution in [0.3, 0.4) is 0 Å². The SMILES string of the molecule is COc1cc(C)c(C)cc1C(=O)CN1CCCc2ccccc21. The maximum atomic E-state index is 12.8. The van der Waals surface area contributed by atoms with Gasteiger partial charge in [0.2, 0.25) is 0 Å². The third kappa shape index (κ3) is 3.09. The van der Waals surface area contributed by atoms with E-state index < -0.39 is 0 Å². The molecule has 0 radical (unpaired) electrons. The molecule has 0 saturated heterocycles. The van der Waals surface area contributed by atoms with E-state index in [2.05, 4.69) is 23.1 Å². The summed E-state index contributed by atoms with van der Waals surface area (Å²) >= 11 is 0. The molecule has 1 aliphatic rings. The van der Waals surface area contributed by atoms with Crippen molar-refractivity contribution in [2.24, 2.45) is 0 Å². The molecule has 3 rings (SSSR count). The van der Waals surface area contributed by atoms with Crippen LogP contribution in [0.5, 0.6) is 5.75 Å². The molecule has 0 saturated carbocycles. The largest absolute Gasteiger partial charge is 0.496 e. The maximum Gasteiger partial charge on any atom is 0.185 e. The zero-order valence-electron chi connectivity index (χ0n) is 14.1. The molecule has 0 atom stereocenters. The van der Waals surface area contributed by atoms with Gasteiger partial charge in [-0.1, -0.05) is 18.2 Å². The van der Waals surface area contributed by atoms with E-state index in [0.717, 1.165) is 30.5 Å². The third-order valence-corrected chi connectivity index (χ3v) is 4.66. The zero-order valence-corrected chi connectivity index (χ0v) is 14.1. The van der Waals surface area contributed by atoms with E-state index in [-0.39, 0.29) is 5.78 Å². The van der Waals surface area contributed by atoms with E-state index in [1.807, 2.05) is 32.0 Å². The van der Waals surface area contributed by atoms with Crippen LogP contribution in [0, 0.1) is 13.8 Å². The number of carbonyl (C=O) groups excluding carboxylic acids is 1. The number of nitrogens with zero attached hydrogens (tertiary/aromatic N) is 1. The number of benzene rings is 2. The minimum Gasteiger partial charge on any atom is -0.496 e. The molecule has 120 valence electrons. The second-order valence-electron chi connectivity index (χ2n) is 6.21. The van der Waals surface area contributed by atoms with Crippen molar-refractivity contribution in [3.63, 3.8) is 0 Å². The van der Waals surface area contributed by atoms with E-state index in [1.54, 1.807) is 7.11 Å². The molecule has 23 heavy (non-hydrogen) atoms. The van der Waals surface area contributed by atoms with Crippen LogP contribution in [0.15, 0.2) is 36.4 Å². The Hall–Kier alpha value is -2.29. The van der Waals surface area contributed by atoms with Crippen molar-refractivity contribution in [1.82, 2.24) is 0 Å². The fourth-order valence-corrected chi connectivity index (χ4v) is 3.21. The number of ether oxygens (including phenoxy) is 1. The van der Waals surface area contributed by atoms with Crippen LogP contribution in [-0.2, 0) is 6.42 Å². The van der Waals surface area contributed by atoms with Gasteiger partial charge in [0, 0.05) is 12.2 Å². The number of carbonyl (C=O) groups is 1. The van der Waals surface area contributed by atoms with Crippen LogP contribution in [0.2, 0.25) is 0 Å². The van der Waals surface area contributed by atoms with Gasteiger partial charge in [0.15, 0.2) is 5.78 Å². The second kappa shape index (κ2) is 6.45. The molecule has 3 nitrogen and oxygen atoms in total. The molecular weight excluding hydrogens is 286 g/mol. The molecule has 2 aromatic carbocycles. The lowest BCUT2D eigenvalue weighted by Crippen LogP contribution is -2.34. The average Bonchev–Trinajstić information content (AvgIpc) is 2.57. The number of hydrogen-bond donors (Lipinski definition) is 0. The molecule has 0 unspecified atom stereocenters. The lowest BCUT2D eigenvalue weighted by molar-refractivity contribution is 0.0995. The molecule has 0 aromatic heterocycles. The summed E-state index contributed by atoms with van der Waals surface area (Å²) in [6.45, 7) is 5.39. The molecule has 0 N–H and O–H groups in total. The molecule has 0 amide bonds. The van der Waals surface area contributed by atoms with Crippen molar-refractivity contribution in [1.29, 1.82) is 0 Å². The number of rotatable bonds is 4. The molecule has 0 aliphatic carbocycles. The fourth-order valence-electron chi connectivity index (χ4n) is 3.21. The Labute approximate surface area is 137 Å². The number of hydrogen-bond acceptors (Lipinski definition) is 3. The Morgan fingerprint density at radius 1 is 1.17 bits per heavy atom. The van der Waals surface area contributed by atoms with Crippen molar-refractivity contribution in [2.75, 3.05) is 25.1 Å². The molecule has 0 bridgehead atoms. The summed E-state index contributed by atoms with van der Waals surface area (Å²) in [4.78, 5) is 15.0. The highest BCUT2D eigenvalue weighted by molar-refractivity contribution is 6.02. The molecular formula is C20H23NO2. The first-order valence-corrected chi connectivity index (χ1v) is 8.11. The summed E-state index contributed by atoms with van der Waals surface area (Å²) < 4.78 is 5.42. The topological polar surface area (TPSA) is 29.5 Å². The highest BCUT2D eigenvalue weighted by atomic mass is 16.5. The van der Waals surface area contributed by atoms with Gasteiger partial charge in [-0.05, 0) is 61.6 Å². The zero-order chi connectivity index (χ0) is 16.4. The molecule has 1 heterocycles. The van der Waals surface area contributed by atoms with Crippen LogP contribution in [0.1, 0.15) is 33.5 Å². The van der Waals surface area contributed by atoms with Gasteiger partial charge in [-0.3, -0.25) is 4.79 Å². The van der Waals surface area contributed by atoms with Crippen molar-refractivity contribution >= 4 is 11.5 Å². The normalized spacial score (nSPS) is 13.6. The van der Waals surface area contributed by atoms with Gasteiger partial charge in [0.05, 0.1) is 19.2 Å². The van der Waals surface area contributed by atoms with Crippen LogP contribution >= 0.6 is 0 Å². The Morgan fingerprint density at radius 2 is 1.91 bits per heavy atom. The number of para-hydroxylation sites is 1. The number of ketones is 1. The summed E-state index contributed by atoms with van der Waals surface area (Å²) in [6.07, 6.45) is 2.18. The van der Waals surface area contributed by atoms with Crippen LogP contribution in [0.4, 0.5) is 5.69 Å². The van der Waals surface area contributed by atoms with Crippen LogP contribution in [0.25, 0.3) is 0 Å². The standard InChI is InChI=1S/C20H23NO2/c1-14-11-17(20(23-3)12-15(14)2)19(22)13-21-10-6-8-16-7-4-5-9-18(16)21/h4-5,7,9,11-12H,6,8,10,13H2,1-3H3. The highest BCUT2D eigenvalue weighted by Crippen LogP contribution is 2.28. The Kier molecular flexibility index (Phi) is 4.37. The lowest BCUT2D eigenvalue weighted by atomic mass is 9.99. The first-order chi connectivity index (χ1) is 11.1. The Balaban J connectivity index is 1.87. The monoisotopic (exact) mass is 309 g/mol. The summed E-state index contributed by atoms with van der Waals surface area (Å²) in [5.74, 6) is 0.782. The Morgan fingerprint density at radius 3 is 2.70 bits per heavy atom. The van der Waals surface area contributed by atoms with E-state index in [0.29, 0.717) is 17.9 Å². The predicted octanol–water partition coefficient (Wildman–Crippen LogP) is 3.95. The summed E-state index contributed by atoms with van der Waals surface area (Å²) in [5.41, 5.74) is 5.46. The van der Waals surface area contributed by atoms with E-state index in [9.17, 15) is 4.79 Å². The predicted molar refractivity (Wildman–Crippen MR) is 93.8 cm³/mol. The maximum absolute atomic E-state index is 12.8. The second-order valence-corrected chi connectivity index (χ2v) is 6.21. The van der Waals surface area contributed by atoms with Gasteiger partial charge < -0.3 is 9.64 Å². The molecule has 0 spiro atoms. The van der Waals surface area contributed by atoms with Crippen molar-refractivity contribution < 1.29 is 9.53 Å². The number of methoxy groups -OCH3 is 1. The van der Waals surface area contributed by atoms with Crippen molar-refractivity contribution in [3.8, 4) is 5.75 Å². The smallest absolute Gasteiger partial charge is 0.185 e. The van der Waals surface area contributed by atoms with Gasteiger partial charge in [0.1, 0.15) is 5.75 Å². The van der Waals surface area contributed by atoms with Gasteiger partial charge in [0.25, 0.3) is 0 Å². The first-order valence-electron chi connectivity index (χ1n) is 8.11. The minimum atomic E-state index is 0.113. The minimum absolute atomic E-state index is 0.113. The Bertz CT molecular complexity index is 736. The molecule has 3 heteroatoms. The van der Waals surface area contributed by atoms with E-state index in [4.69, 9.17) is 4.74 Å². The van der Waals surface area contributed by atoms with Crippen LogP contribution < -0.4 is 9.64 Å². The number of aryl methyl sites for hydroxylation is 3. The van der Waals surface area contributed by atoms with E-state index >= 15 is 0 Å². The third-order valence-electron chi connectivity index (χ3n) is 4.66. The van der Waals surface area contributed by atoms with Gasteiger partial charge >= 0.3 is 0 Å². The van der Waals surface area contributed by atoms with Crippen LogP contribution in [-0.4, -0.2) is 26.0 Å². The molecule has 0 fully saturated rings. The van der Waals surface area contributed by atoms with Gasteiger partial charge in [-0.25, -0.2) is 0 Å². The van der Waals surface area contributed by atoms with Crippen molar-refractivity contribution in [2.45, 2.75) is 26.7 Å². The highest BCUT2D eigenvalue weighted by Gasteiger charge is 2.21. The summed E-state index contributed by atoms with van der Waals surface area (Å²) in [7, 11) is 1.62. The quantitative estimate of drug-likeness (QED) is 0.801. The summed E-state index contributed by atoms with van der Waals surface area (Å²) in [5, 5.41) is 0. The van der Waals surface area contributed by atoms with E-state index in [1.165, 1.54) is 11.3 Å². The van der Waals surface area contributed by atoms with Gasteiger partial charge in [-0.15, -0.1) is 0 Å². The number of Topliss-reactive ketones (excluding diaryl/α,β-unsaturated/α-hetero) is 1. The van der Waals surface area contributed by atoms with Gasteiger partial charge in [-0.2, -0.15) is 0 Å². The lowest BCUT2D eigenvalue weighted by Gasteiger charge is -2.30. The summed E-state index contributed by atoms with van der Waals surface area (Å²) in [6, 6.07) is 12.3. The molecule has 1 aliphatic heterocycles. The van der Waals surface area contributed by atoms with Crippen molar-refractivity contribution in [3.05, 3.63) is 58.7 Å². The fraction of sp³-hybridized carbons (Fsp3) is 0.350. The average molecular weight is 309 g/mol. The number of fused-ring (bicyclic) bond motifs is 1. The molecule has 2 aromatic rings. The first kappa shape index (κ1) is 15.6. The number of anilines is 1.